The van der Waals surface area contributed by atoms with Crippen molar-refractivity contribution in [2.75, 3.05) is 0 Å². The van der Waals surface area contributed by atoms with E-state index in [0.29, 0.717) is 0 Å². The molecule has 0 aliphatic heterocycles. The maximum Gasteiger partial charge on any atom is 0.271 e. The van der Waals surface area contributed by atoms with Gasteiger partial charge in [-0.15, -0.1) is 0 Å². The molecule has 172 valence electrons. The van der Waals surface area contributed by atoms with Crippen molar-refractivity contribution in [2.24, 2.45) is 10.2 Å². The molecule has 33 heavy (non-hydrogen) atoms. The Morgan fingerprint density at radius 2 is 1.21 bits per heavy atom. The number of nitro benzene ring substituents is 2. The Morgan fingerprint density at radius 1 is 0.848 bits per heavy atom. The van der Waals surface area contributed by atoms with Crippen LogP contribution in [-0.2, 0) is 9.59 Å². The van der Waals surface area contributed by atoms with Crippen molar-refractivity contribution in [1.29, 1.82) is 0 Å². The number of phenols is 2. The zero-order valence-corrected chi connectivity index (χ0v) is 19.2. The van der Waals surface area contributed by atoms with Gasteiger partial charge in [-0.2, -0.15) is 10.2 Å². The highest BCUT2D eigenvalue weighted by molar-refractivity contribution is 9.11. The minimum Gasteiger partial charge on any atom is -0.506 e. The second-order valence-electron chi connectivity index (χ2n) is 6.01. The molecule has 0 radical (unpaired) electrons. The number of nitrogens with zero attached hydrogens (tertiary/aromatic N) is 4. The molecule has 2 rings (SSSR count). The summed E-state index contributed by atoms with van der Waals surface area (Å²) in [5, 5.41) is 48.5. The predicted octanol–water partition coefficient (Wildman–Crippen LogP) is 2.43. The predicted molar refractivity (Wildman–Crippen MR) is 121 cm³/mol. The van der Waals surface area contributed by atoms with Crippen LogP contribution < -0.4 is 10.9 Å². The molecule has 0 heterocycles. The van der Waals surface area contributed by atoms with Crippen molar-refractivity contribution in [2.45, 2.75) is 6.42 Å². The lowest BCUT2D eigenvalue weighted by atomic mass is 10.2. The minimum absolute atomic E-state index is 0.0449. The van der Waals surface area contributed by atoms with Gasteiger partial charge in [0.2, 0.25) is 11.8 Å². The first kappa shape index (κ1) is 25.3. The van der Waals surface area contributed by atoms with E-state index in [4.69, 9.17) is 0 Å². The molecule has 2 amide bonds. The van der Waals surface area contributed by atoms with Gasteiger partial charge in [-0.3, -0.25) is 29.8 Å². The number of halogens is 2. The van der Waals surface area contributed by atoms with E-state index in [0.717, 1.165) is 36.7 Å². The first-order chi connectivity index (χ1) is 15.5. The SMILES string of the molecule is O=C(CC(=O)N/N=C/c1cc([N+](=O)[O-])cc(Br)c1O)N/N=C/c1cc([N+](=O)[O-])cc(Br)c1O. The fourth-order valence-electron chi connectivity index (χ4n) is 2.19. The molecular formula is C17H12Br2N6O8. The minimum atomic E-state index is -0.871. The molecule has 16 heteroatoms. The van der Waals surface area contributed by atoms with Gasteiger partial charge in [-0.25, -0.2) is 10.9 Å². The van der Waals surface area contributed by atoms with Gasteiger partial charge < -0.3 is 10.2 Å². The van der Waals surface area contributed by atoms with E-state index in [1.54, 1.807) is 0 Å². The molecule has 0 atom stereocenters. The number of nitrogens with one attached hydrogen (secondary N) is 2. The number of non-ortho nitro benzene ring substituents is 2. The van der Waals surface area contributed by atoms with Crippen molar-refractivity contribution < 1.29 is 29.6 Å². The average molecular weight is 588 g/mol. The quantitative estimate of drug-likeness (QED) is 0.155. The van der Waals surface area contributed by atoms with Gasteiger partial charge in [0.05, 0.1) is 31.2 Å². The molecule has 0 aromatic heterocycles. The van der Waals surface area contributed by atoms with Crippen molar-refractivity contribution >= 4 is 67.5 Å². The topological polar surface area (TPSA) is 210 Å². The number of hydrazone groups is 2. The molecule has 0 spiro atoms. The number of carbonyl (C=O) groups is 2. The highest BCUT2D eigenvalue weighted by atomic mass is 79.9. The van der Waals surface area contributed by atoms with Crippen LogP contribution in [0.5, 0.6) is 11.5 Å². The standard InChI is InChI=1S/C17H12Br2N6O8/c18-12-3-10(24(30)31)1-8(16(12)28)6-20-22-14(26)5-15(27)23-21-7-9-2-11(25(32)33)4-13(19)17(9)29/h1-4,6-7,28-29H,5H2,(H,22,26)(H,23,27)/b20-6+,21-7+. The van der Waals surface area contributed by atoms with E-state index < -0.39 is 28.1 Å². The lowest BCUT2D eigenvalue weighted by Gasteiger charge is -2.03. The molecule has 0 aliphatic carbocycles. The van der Waals surface area contributed by atoms with Crippen molar-refractivity contribution in [3.63, 3.8) is 0 Å². The summed E-state index contributed by atoms with van der Waals surface area (Å²) in [6, 6.07) is 4.22. The molecule has 0 aliphatic rings. The number of amides is 2. The smallest absolute Gasteiger partial charge is 0.271 e. The number of hydrogen-bond acceptors (Lipinski definition) is 10. The van der Waals surface area contributed by atoms with Crippen LogP contribution in [0.15, 0.2) is 43.4 Å². The lowest BCUT2D eigenvalue weighted by molar-refractivity contribution is -0.385. The van der Waals surface area contributed by atoms with E-state index in [1.165, 1.54) is 0 Å². The molecule has 14 nitrogen and oxygen atoms in total. The molecule has 0 saturated heterocycles. The Balaban J connectivity index is 1.95. The second kappa shape index (κ2) is 11.1. The molecule has 0 bridgehead atoms. The summed E-state index contributed by atoms with van der Waals surface area (Å²) in [5.41, 5.74) is 3.23. The third-order valence-electron chi connectivity index (χ3n) is 3.68. The molecule has 0 saturated carbocycles. The maximum atomic E-state index is 11.8. The summed E-state index contributed by atoms with van der Waals surface area (Å²) in [7, 11) is 0. The van der Waals surface area contributed by atoms with Gasteiger partial charge in [-0.05, 0) is 31.9 Å². The van der Waals surface area contributed by atoms with E-state index in [9.17, 15) is 40.0 Å². The van der Waals surface area contributed by atoms with Crippen LogP contribution in [-0.4, -0.2) is 44.3 Å². The summed E-state index contributed by atoms with van der Waals surface area (Å²) in [6.07, 6.45) is 1.18. The number of benzene rings is 2. The number of rotatable bonds is 8. The largest absolute Gasteiger partial charge is 0.506 e. The van der Waals surface area contributed by atoms with Crippen LogP contribution in [0.2, 0.25) is 0 Å². The highest BCUT2D eigenvalue weighted by Gasteiger charge is 2.15. The molecule has 2 aromatic carbocycles. The van der Waals surface area contributed by atoms with E-state index >= 15 is 0 Å². The van der Waals surface area contributed by atoms with Crippen LogP contribution in [0.4, 0.5) is 11.4 Å². The van der Waals surface area contributed by atoms with Crippen molar-refractivity contribution in [3.8, 4) is 11.5 Å². The van der Waals surface area contributed by atoms with Crippen LogP contribution in [0.1, 0.15) is 17.5 Å². The monoisotopic (exact) mass is 586 g/mol. The fourth-order valence-corrected chi connectivity index (χ4v) is 3.12. The van der Waals surface area contributed by atoms with Crippen LogP contribution in [0.25, 0.3) is 0 Å². The summed E-state index contributed by atoms with van der Waals surface area (Å²) >= 11 is 5.92. The van der Waals surface area contributed by atoms with Crippen molar-refractivity contribution in [1.82, 2.24) is 10.9 Å². The zero-order chi connectivity index (χ0) is 24.7. The Labute approximate surface area is 200 Å². The molecular weight excluding hydrogens is 576 g/mol. The zero-order valence-electron chi connectivity index (χ0n) is 16.1. The van der Waals surface area contributed by atoms with Gasteiger partial charge in [-0.1, -0.05) is 0 Å². The highest BCUT2D eigenvalue weighted by Crippen LogP contribution is 2.32. The summed E-state index contributed by atoms with van der Waals surface area (Å²) < 4.78 is 0.0899. The first-order valence-corrected chi connectivity index (χ1v) is 10.1. The third kappa shape index (κ3) is 7.04. The number of nitro groups is 2. The summed E-state index contributed by atoms with van der Waals surface area (Å²) in [4.78, 5) is 43.9. The van der Waals surface area contributed by atoms with Gasteiger partial charge >= 0.3 is 0 Å². The Bertz CT molecular complexity index is 1110. The van der Waals surface area contributed by atoms with E-state index in [1.807, 2.05) is 10.9 Å². The summed E-state index contributed by atoms with van der Waals surface area (Å²) in [5.74, 6) is -2.43. The van der Waals surface area contributed by atoms with E-state index in [-0.39, 0.29) is 42.9 Å². The van der Waals surface area contributed by atoms with Gasteiger partial charge in [0, 0.05) is 35.4 Å². The van der Waals surface area contributed by atoms with Crippen LogP contribution >= 0.6 is 31.9 Å². The van der Waals surface area contributed by atoms with E-state index in [2.05, 4.69) is 42.1 Å². The Hall–Kier alpha value is -3.92. The average Bonchev–Trinajstić information content (AvgIpc) is 2.73. The first-order valence-electron chi connectivity index (χ1n) is 8.47. The Morgan fingerprint density at radius 3 is 1.55 bits per heavy atom. The number of carbonyl (C=O) groups excluding carboxylic acids is 2. The lowest BCUT2D eigenvalue weighted by Crippen LogP contribution is -2.27. The number of hydrogen-bond donors (Lipinski definition) is 4. The van der Waals surface area contributed by atoms with Crippen molar-refractivity contribution in [3.05, 3.63) is 64.6 Å². The molecule has 0 fully saturated rings. The molecule has 2 aromatic rings. The van der Waals surface area contributed by atoms with Gasteiger partial charge in [0.15, 0.2) is 0 Å². The Kier molecular flexibility index (Phi) is 8.52. The van der Waals surface area contributed by atoms with Gasteiger partial charge in [0.1, 0.15) is 17.9 Å². The maximum absolute atomic E-state index is 11.8. The van der Waals surface area contributed by atoms with Crippen LogP contribution in [0, 0.1) is 20.2 Å². The third-order valence-corrected chi connectivity index (χ3v) is 4.89. The van der Waals surface area contributed by atoms with Gasteiger partial charge in [0.25, 0.3) is 11.4 Å². The number of phenolic OH excluding ortho intramolecular Hbond substituents is 2. The molecule has 4 N–H and O–H groups in total. The normalized spacial score (nSPS) is 11.0. The molecule has 0 unspecified atom stereocenters. The number of aromatic hydroxyl groups is 2. The second-order valence-corrected chi connectivity index (χ2v) is 7.72. The fraction of sp³-hybridized carbons (Fsp3) is 0.0588. The summed E-state index contributed by atoms with van der Waals surface area (Å²) in [6.45, 7) is 0. The van der Waals surface area contributed by atoms with Crippen LogP contribution in [0.3, 0.4) is 0 Å².